The van der Waals surface area contributed by atoms with Crippen LogP contribution in [-0.2, 0) is 21.9 Å². The smallest absolute Gasteiger partial charge is 0.260 e. The Kier molecular flexibility index (Phi) is 8.50. The van der Waals surface area contributed by atoms with Gasteiger partial charge >= 0.3 is 23.1 Å². The average Bonchev–Trinajstić information content (AvgIpc) is 2.82. The fraction of sp³-hybridized carbons (Fsp3) is 0. The van der Waals surface area contributed by atoms with Crippen LogP contribution in [0.1, 0.15) is 0 Å². The van der Waals surface area contributed by atoms with Gasteiger partial charge in [0, 0.05) is 0 Å². The maximum atomic E-state index is 11.6. The molecular formula is C11H9FFeO+2. The van der Waals surface area contributed by atoms with Crippen molar-refractivity contribution in [3.63, 3.8) is 0 Å². The van der Waals surface area contributed by atoms with Gasteiger partial charge in [-0.3, -0.25) is 4.79 Å². The van der Waals surface area contributed by atoms with Gasteiger partial charge in [-0.25, -0.2) is 0 Å². The molecule has 0 atom stereocenters. The second-order valence-electron chi connectivity index (χ2n) is 2.41. The van der Waals surface area contributed by atoms with Crippen LogP contribution in [0, 0.1) is 63.7 Å². The summed E-state index contributed by atoms with van der Waals surface area (Å²) < 4.78 is 11.6. The van der Waals surface area contributed by atoms with Crippen molar-refractivity contribution in [2.45, 2.75) is 0 Å². The molecule has 2 saturated carbocycles. The molecule has 2 fully saturated rings. The summed E-state index contributed by atoms with van der Waals surface area (Å²) >= 11 is 0. The maximum absolute atomic E-state index is 11.6. The van der Waals surface area contributed by atoms with Gasteiger partial charge in [0.05, 0.1) is 5.92 Å². The van der Waals surface area contributed by atoms with Crippen LogP contribution in [0.15, 0.2) is 0 Å². The van der Waals surface area contributed by atoms with E-state index in [4.69, 9.17) is 0 Å². The minimum atomic E-state index is -1.37. The molecule has 0 heterocycles. The molecule has 0 aromatic carbocycles. The second-order valence-corrected chi connectivity index (χ2v) is 2.41. The first-order valence-electron chi connectivity index (χ1n) is 3.89. The van der Waals surface area contributed by atoms with Gasteiger partial charge in [0.2, 0.25) is 0 Å². The summed E-state index contributed by atoms with van der Waals surface area (Å²) in [4.78, 5) is 9.84. The molecule has 3 heteroatoms. The summed E-state index contributed by atoms with van der Waals surface area (Å²) in [7, 11) is 0. The van der Waals surface area contributed by atoms with Crippen molar-refractivity contribution in [1.82, 2.24) is 0 Å². The number of hydrogen-bond acceptors (Lipinski definition) is 1. The van der Waals surface area contributed by atoms with Crippen LogP contribution >= 0.6 is 0 Å². The number of carbonyl (C=O) groups is 1. The van der Waals surface area contributed by atoms with Crippen LogP contribution < -0.4 is 0 Å². The third-order valence-electron chi connectivity index (χ3n) is 1.45. The molecule has 0 spiro atoms. The molecule has 2 aliphatic rings. The van der Waals surface area contributed by atoms with E-state index in [1.807, 2.05) is 32.1 Å². The van der Waals surface area contributed by atoms with E-state index in [2.05, 4.69) is 0 Å². The average molecular weight is 232 g/mol. The van der Waals surface area contributed by atoms with E-state index in [9.17, 15) is 9.18 Å². The molecule has 2 aliphatic carbocycles. The number of rotatable bonds is 1. The first-order valence-corrected chi connectivity index (χ1v) is 3.89. The molecule has 0 N–H and O–H groups in total. The zero-order chi connectivity index (χ0) is 9.52. The van der Waals surface area contributed by atoms with Crippen molar-refractivity contribution in [2.24, 2.45) is 0 Å². The van der Waals surface area contributed by atoms with Gasteiger partial charge < -0.3 is 0 Å². The summed E-state index contributed by atoms with van der Waals surface area (Å²) in [5.41, 5.74) is 0. The van der Waals surface area contributed by atoms with Crippen LogP contribution in [0.4, 0.5) is 4.39 Å². The van der Waals surface area contributed by atoms with Gasteiger partial charge in [-0.05, 0) is 57.8 Å². The van der Waals surface area contributed by atoms with Gasteiger partial charge in [-0.15, -0.1) is 0 Å². The zero-order valence-electron chi connectivity index (χ0n) is 7.34. The van der Waals surface area contributed by atoms with Crippen molar-refractivity contribution < 1.29 is 26.3 Å². The first-order chi connectivity index (χ1) is 6.30. The summed E-state index contributed by atoms with van der Waals surface area (Å²) in [6.07, 6.45) is 16.1. The van der Waals surface area contributed by atoms with Crippen molar-refractivity contribution in [2.75, 3.05) is 0 Å². The molecule has 14 heavy (non-hydrogen) atoms. The SMILES string of the molecule is O=C(F)[C]1[CH][CH][CH][CH]1.[CH]1[CH][CH][CH][CH]1.[Fe+2]. The summed E-state index contributed by atoms with van der Waals surface area (Å²) in [6.45, 7) is 0. The van der Waals surface area contributed by atoms with Crippen LogP contribution in [-0.4, -0.2) is 6.04 Å². The fourth-order valence-electron chi connectivity index (χ4n) is 0.826. The largest absolute Gasteiger partial charge is 2.00 e. The Bertz CT molecular complexity index is 144. The number of halogens is 1. The summed E-state index contributed by atoms with van der Waals surface area (Å²) in [5, 5.41) is 0. The van der Waals surface area contributed by atoms with Gasteiger partial charge in [0.25, 0.3) is 0 Å². The predicted molar refractivity (Wildman–Crippen MR) is 48.1 cm³/mol. The third kappa shape index (κ3) is 5.77. The van der Waals surface area contributed by atoms with Gasteiger partial charge in [0.15, 0.2) is 0 Å². The van der Waals surface area contributed by atoms with E-state index in [-0.39, 0.29) is 23.0 Å². The minimum absolute atomic E-state index is 0. The Labute approximate surface area is 96.3 Å². The summed E-state index contributed by atoms with van der Waals surface area (Å²) in [6, 6.07) is -1.37. The molecule has 2 rings (SSSR count). The van der Waals surface area contributed by atoms with E-state index in [0.29, 0.717) is 0 Å². The zero-order valence-corrected chi connectivity index (χ0v) is 8.44. The van der Waals surface area contributed by atoms with E-state index < -0.39 is 6.04 Å². The molecule has 10 radical (unpaired) electrons. The van der Waals surface area contributed by atoms with Gasteiger partial charge in [0.1, 0.15) is 0 Å². The summed E-state index contributed by atoms with van der Waals surface area (Å²) in [5.74, 6) is 0.130. The van der Waals surface area contributed by atoms with Crippen molar-refractivity contribution in [3.05, 3.63) is 63.7 Å². The van der Waals surface area contributed by atoms with E-state index in [1.165, 1.54) is 12.8 Å². The van der Waals surface area contributed by atoms with Crippen molar-refractivity contribution >= 4 is 6.04 Å². The molecule has 72 valence electrons. The number of carbonyl (C=O) groups excluding carboxylic acids is 1. The first kappa shape index (κ1) is 14.1. The molecule has 0 saturated heterocycles. The molecule has 0 aliphatic heterocycles. The maximum Gasteiger partial charge on any atom is 2.00 e. The van der Waals surface area contributed by atoms with Crippen LogP contribution in [0.5, 0.6) is 0 Å². The van der Waals surface area contributed by atoms with Crippen molar-refractivity contribution in [1.29, 1.82) is 0 Å². The van der Waals surface area contributed by atoms with E-state index in [1.54, 1.807) is 12.8 Å². The van der Waals surface area contributed by atoms with Crippen LogP contribution in [0.25, 0.3) is 0 Å². The molecule has 0 amide bonds. The standard InChI is InChI=1S/C6H4FO.C5H5.Fe/c7-6(8)5-3-1-2-4-5;1-2-4-5-3-1;/h1-4H;1-5H;/q;;+2. The Morgan fingerprint density at radius 3 is 1.43 bits per heavy atom. The topological polar surface area (TPSA) is 17.1 Å². The molecule has 1 nitrogen and oxygen atoms in total. The van der Waals surface area contributed by atoms with Gasteiger partial charge in [-0.1, -0.05) is 0 Å². The van der Waals surface area contributed by atoms with Crippen LogP contribution in [0.3, 0.4) is 0 Å². The molecule has 0 aromatic heterocycles. The Balaban J connectivity index is 0.000000246. The third-order valence-corrected chi connectivity index (χ3v) is 1.45. The Morgan fingerprint density at radius 2 is 1.21 bits per heavy atom. The minimum Gasteiger partial charge on any atom is -0.260 e. The predicted octanol–water partition coefficient (Wildman–Crippen LogP) is 1.91. The fourth-order valence-corrected chi connectivity index (χ4v) is 0.826. The monoisotopic (exact) mass is 232 g/mol. The van der Waals surface area contributed by atoms with Crippen LogP contribution in [0.2, 0.25) is 0 Å². The van der Waals surface area contributed by atoms with Gasteiger partial charge in [-0.2, -0.15) is 4.39 Å². The Morgan fingerprint density at radius 1 is 0.857 bits per heavy atom. The molecular weight excluding hydrogens is 223 g/mol. The Hall–Kier alpha value is 0.119. The number of hydrogen-bond donors (Lipinski definition) is 0. The van der Waals surface area contributed by atoms with Crippen molar-refractivity contribution in [3.8, 4) is 0 Å². The normalized spacial score (nSPS) is 20.9. The second kappa shape index (κ2) is 8.43. The molecule has 0 bridgehead atoms. The molecule has 0 unspecified atom stereocenters. The molecule has 0 aromatic rings. The van der Waals surface area contributed by atoms with E-state index in [0.717, 1.165) is 0 Å². The van der Waals surface area contributed by atoms with E-state index >= 15 is 0 Å². The quantitative estimate of drug-likeness (QED) is 0.498.